The zero-order valence-electron chi connectivity index (χ0n) is 9.79. The lowest BCUT2D eigenvalue weighted by Gasteiger charge is -2.39. The summed E-state index contributed by atoms with van der Waals surface area (Å²) in [5.41, 5.74) is 0.0976. The molecule has 2 rings (SSSR count). The fraction of sp³-hybridized carbons (Fsp3) is 1.00. The van der Waals surface area contributed by atoms with Crippen molar-refractivity contribution in [1.29, 1.82) is 0 Å². The lowest BCUT2D eigenvalue weighted by Crippen LogP contribution is -2.59. The van der Waals surface area contributed by atoms with Gasteiger partial charge in [0.05, 0.1) is 18.3 Å². The Kier molecular flexibility index (Phi) is 3.61. The van der Waals surface area contributed by atoms with E-state index < -0.39 is 0 Å². The molecule has 15 heavy (non-hydrogen) atoms. The van der Waals surface area contributed by atoms with Gasteiger partial charge in [0.15, 0.2) is 0 Å². The Morgan fingerprint density at radius 3 is 2.80 bits per heavy atom. The van der Waals surface area contributed by atoms with Crippen molar-refractivity contribution in [3.05, 3.63) is 0 Å². The van der Waals surface area contributed by atoms with Crippen LogP contribution in [0.4, 0.5) is 0 Å². The number of ether oxygens (including phenoxy) is 2. The molecule has 2 heterocycles. The van der Waals surface area contributed by atoms with Crippen LogP contribution < -0.4 is 5.32 Å². The molecule has 0 aromatic heterocycles. The van der Waals surface area contributed by atoms with Crippen molar-refractivity contribution >= 4 is 0 Å². The lowest BCUT2D eigenvalue weighted by molar-refractivity contribution is -0.0715. The third-order valence-electron chi connectivity index (χ3n) is 3.42. The summed E-state index contributed by atoms with van der Waals surface area (Å²) in [6, 6.07) is 0. The van der Waals surface area contributed by atoms with Crippen LogP contribution >= 0.6 is 0 Å². The molecule has 0 aromatic rings. The molecule has 1 N–H and O–H groups in total. The summed E-state index contributed by atoms with van der Waals surface area (Å²) in [7, 11) is 1.80. The van der Waals surface area contributed by atoms with Crippen LogP contribution in [0, 0.1) is 0 Å². The van der Waals surface area contributed by atoms with Gasteiger partial charge in [-0.25, -0.2) is 0 Å². The first kappa shape index (κ1) is 11.3. The Hall–Kier alpha value is -0.160. The summed E-state index contributed by atoms with van der Waals surface area (Å²) in [6.07, 6.45) is 1.60. The Morgan fingerprint density at radius 2 is 2.27 bits per heavy atom. The molecule has 0 saturated carbocycles. The van der Waals surface area contributed by atoms with Crippen molar-refractivity contribution in [1.82, 2.24) is 10.2 Å². The van der Waals surface area contributed by atoms with Gasteiger partial charge in [-0.1, -0.05) is 0 Å². The van der Waals surface area contributed by atoms with E-state index in [-0.39, 0.29) is 5.60 Å². The maximum Gasteiger partial charge on any atom is 0.0902 e. The van der Waals surface area contributed by atoms with E-state index in [4.69, 9.17) is 9.47 Å². The maximum absolute atomic E-state index is 5.85. The van der Waals surface area contributed by atoms with E-state index in [9.17, 15) is 0 Å². The molecule has 2 aliphatic heterocycles. The topological polar surface area (TPSA) is 33.7 Å². The first-order valence-electron chi connectivity index (χ1n) is 5.82. The van der Waals surface area contributed by atoms with Gasteiger partial charge in [0.2, 0.25) is 0 Å². The molecule has 2 aliphatic rings. The molecule has 0 spiro atoms. The molecule has 1 unspecified atom stereocenters. The van der Waals surface area contributed by atoms with Gasteiger partial charge in [-0.2, -0.15) is 0 Å². The van der Waals surface area contributed by atoms with E-state index in [1.807, 2.05) is 0 Å². The van der Waals surface area contributed by atoms with Crippen LogP contribution in [0.5, 0.6) is 0 Å². The highest BCUT2D eigenvalue weighted by atomic mass is 16.5. The molecule has 88 valence electrons. The number of rotatable bonds is 5. The zero-order valence-corrected chi connectivity index (χ0v) is 9.79. The monoisotopic (exact) mass is 214 g/mol. The number of likely N-dealkylation sites (tertiary alicyclic amines) is 1. The van der Waals surface area contributed by atoms with Gasteiger partial charge in [0.1, 0.15) is 0 Å². The minimum atomic E-state index is 0.0976. The molecular weight excluding hydrogens is 192 g/mol. The van der Waals surface area contributed by atoms with Crippen molar-refractivity contribution in [3.8, 4) is 0 Å². The van der Waals surface area contributed by atoms with Crippen LogP contribution in [-0.4, -0.2) is 63.0 Å². The molecule has 4 heteroatoms. The van der Waals surface area contributed by atoms with Gasteiger partial charge in [-0.15, -0.1) is 0 Å². The van der Waals surface area contributed by atoms with Crippen LogP contribution in [0.15, 0.2) is 0 Å². The predicted molar refractivity (Wildman–Crippen MR) is 59.1 cm³/mol. The SMILES string of the molecule is COC1CCN(CCOC2(C)CNC2)C1. The summed E-state index contributed by atoms with van der Waals surface area (Å²) < 4.78 is 11.2. The average molecular weight is 214 g/mol. The van der Waals surface area contributed by atoms with Crippen LogP contribution in [0.3, 0.4) is 0 Å². The first-order valence-corrected chi connectivity index (χ1v) is 5.82. The van der Waals surface area contributed by atoms with Crippen molar-refractivity contribution < 1.29 is 9.47 Å². The molecule has 0 amide bonds. The second-order valence-corrected chi connectivity index (χ2v) is 4.85. The minimum Gasteiger partial charge on any atom is -0.380 e. The van der Waals surface area contributed by atoms with Crippen LogP contribution in [0.1, 0.15) is 13.3 Å². The molecular formula is C11H22N2O2. The first-order chi connectivity index (χ1) is 7.22. The zero-order chi connectivity index (χ0) is 10.7. The van der Waals surface area contributed by atoms with Gasteiger partial charge >= 0.3 is 0 Å². The number of nitrogens with zero attached hydrogens (tertiary/aromatic N) is 1. The van der Waals surface area contributed by atoms with Crippen molar-refractivity contribution in [2.45, 2.75) is 25.0 Å². The fourth-order valence-corrected chi connectivity index (χ4v) is 2.19. The smallest absolute Gasteiger partial charge is 0.0902 e. The van der Waals surface area contributed by atoms with Crippen molar-refractivity contribution in [2.24, 2.45) is 0 Å². The van der Waals surface area contributed by atoms with Crippen LogP contribution in [0.25, 0.3) is 0 Å². The van der Waals surface area contributed by atoms with E-state index in [1.54, 1.807) is 7.11 Å². The van der Waals surface area contributed by atoms with Gasteiger partial charge in [-0.05, 0) is 13.3 Å². The van der Waals surface area contributed by atoms with Crippen LogP contribution in [0.2, 0.25) is 0 Å². The molecule has 0 bridgehead atoms. The number of hydrogen-bond acceptors (Lipinski definition) is 4. The van der Waals surface area contributed by atoms with Gasteiger partial charge in [0, 0.05) is 39.8 Å². The molecule has 4 nitrogen and oxygen atoms in total. The lowest BCUT2D eigenvalue weighted by atomic mass is 10.0. The Bertz CT molecular complexity index is 207. The summed E-state index contributed by atoms with van der Waals surface area (Å²) in [4.78, 5) is 2.42. The summed E-state index contributed by atoms with van der Waals surface area (Å²) >= 11 is 0. The largest absolute Gasteiger partial charge is 0.380 e. The normalized spacial score (nSPS) is 30.4. The summed E-state index contributed by atoms with van der Waals surface area (Å²) in [5, 5.41) is 3.24. The quantitative estimate of drug-likeness (QED) is 0.703. The highest BCUT2D eigenvalue weighted by molar-refractivity contribution is 4.90. The maximum atomic E-state index is 5.85. The van der Waals surface area contributed by atoms with Gasteiger partial charge < -0.3 is 14.8 Å². The molecule has 2 saturated heterocycles. The van der Waals surface area contributed by atoms with Gasteiger partial charge in [0.25, 0.3) is 0 Å². The van der Waals surface area contributed by atoms with Crippen LogP contribution in [-0.2, 0) is 9.47 Å². The van der Waals surface area contributed by atoms with E-state index in [0.717, 1.165) is 45.8 Å². The standard InChI is InChI=1S/C11H22N2O2/c1-11(8-12-9-11)15-6-5-13-4-3-10(7-13)14-2/h10,12H,3-9H2,1-2H3. The second-order valence-electron chi connectivity index (χ2n) is 4.85. The highest BCUT2D eigenvalue weighted by Gasteiger charge is 2.32. The molecule has 0 radical (unpaired) electrons. The highest BCUT2D eigenvalue weighted by Crippen LogP contribution is 2.16. The van der Waals surface area contributed by atoms with Crippen molar-refractivity contribution in [3.63, 3.8) is 0 Å². The summed E-state index contributed by atoms with van der Waals surface area (Å²) in [6.45, 7) is 8.25. The Labute approximate surface area is 91.9 Å². The third-order valence-corrected chi connectivity index (χ3v) is 3.42. The third kappa shape index (κ3) is 2.91. The van der Waals surface area contributed by atoms with E-state index in [2.05, 4.69) is 17.1 Å². The van der Waals surface area contributed by atoms with E-state index in [1.165, 1.54) is 0 Å². The second kappa shape index (κ2) is 4.78. The van der Waals surface area contributed by atoms with Crippen molar-refractivity contribution in [2.75, 3.05) is 46.4 Å². The Morgan fingerprint density at radius 1 is 1.47 bits per heavy atom. The average Bonchev–Trinajstić information content (AvgIpc) is 2.63. The van der Waals surface area contributed by atoms with E-state index in [0.29, 0.717) is 6.10 Å². The Balaban J connectivity index is 1.58. The fourth-order valence-electron chi connectivity index (χ4n) is 2.19. The molecule has 1 atom stereocenters. The van der Waals surface area contributed by atoms with E-state index >= 15 is 0 Å². The minimum absolute atomic E-state index is 0.0976. The van der Waals surface area contributed by atoms with Gasteiger partial charge in [-0.3, -0.25) is 4.90 Å². The molecule has 2 fully saturated rings. The number of hydrogen-bond donors (Lipinski definition) is 1. The summed E-state index contributed by atoms with van der Waals surface area (Å²) in [5.74, 6) is 0. The number of methoxy groups -OCH3 is 1. The molecule has 0 aromatic carbocycles. The number of nitrogens with one attached hydrogen (secondary N) is 1. The molecule has 0 aliphatic carbocycles. The predicted octanol–water partition coefficient (Wildman–Crippen LogP) is 0.0856.